The summed E-state index contributed by atoms with van der Waals surface area (Å²) in [6.45, 7) is 13.8. The predicted molar refractivity (Wildman–Crippen MR) is 370 cm³/mol. The number of aliphatic carboxylic acids is 1. The van der Waals surface area contributed by atoms with E-state index in [-0.39, 0.29) is 125 Å². The summed E-state index contributed by atoms with van der Waals surface area (Å²) in [5.41, 5.74) is -1.05. The fraction of sp³-hybridized carbons (Fsp3) is 0.885. The number of aliphatic hydroxyl groups excluding tert-OH is 1. The van der Waals surface area contributed by atoms with Gasteiger partial charge in [0.2, 0.25) is 0 Å². The van der Waals surface area contributed by atoms with Crippen molar-refractivity contribution < 1.29 is 91.3 Å². The van der Waals surface area contributed by atoms with Gasteiger partial charge in [0.25, 0.3) is 0 Å². The lowest BCUT2D eigenvalue weighted by atomic mass is 9.43. The molecule has 558 valence electrons. The average molecular weight is 1370 g/mol. The van der Waals surface area contributed by atoms with Crippen LogP contribution in [0.25, 0.3) is 0 Å². The first-order valence-corrected chi connectivity index (χ1v) is 39.0. The molecule has 2 N–H and O–H groups in total. The Morgan fingerprint density at radius 3 is 1.20 bits per heavy atom. The quantitative estimate of drug-likeness (QED) is 0.0325. The molecule has 19 nitrogen and oxygen atoms in total. The van der Waals surface area contributed by atoms with E-state index in [0.29, 0.717) is 77.0 Å². The lowest BCUT2D eigenvalue weighted by molar-refractivity contribution is -0.225. The maximum atomic E-state index is 14.3. The third kappa shape index (κ3) is 31.7. The highest BCUT2D eigenvalue weighted by Gasteiger charge is 2.67. The van der Waals surface area contributed by atoms with Crippen LogP contribution in [0, 0.1) is 46.3 Å². The number of carboxylic acids is 1. The molecule has 13 atom stereocenters. The number of carbonyl (C=O) groups is 9. The summed E-state index contributed by atoms with van der Waals surface area (Å²) in [6, 6.07) is 0. The summed E-state index contributed by atoms with van der Waals surface area (Å²) in [5.74, 6) is -6.07. The van der Waals surface area contributed by atoms with E-state index in [9.17, 15) is 53.4 Å². The molecule has 0 aromatic rings. The molecule has 0 aromatic carbocycles. The Kier molecular flexibility index (Phi) is 41.9. The maximum Gasteiger partial charge on any atom is 0.306 e. The number of carbonyl (C=O) groups excluding carboxylic acids is 8. The summed E-state index contributed by atoms with van der Waals surface area (Å²) in [7, 11) is 0. The molecule has 0 bridgehead atoms. The summed E-state index contributed by atoms with van der Waals surface area (Å²) < 4.78 is 47.0. The summed E-state index contributed by atoms with van der Waals surface area (Å²) in [4.78, 5) is 119. The van der Waals surface area contributed by atoms with Crippen molar-refractivity contribution in [3.8, 4) is 0 Å². The van der Waals surface area contributed by atoms with Crippen LogP contribution in [0.1, 0.15) is 337 Å². The van der Waals surface area contributed by atoms with Crippen LogP contribution in [0.3, 0.4) is 0 Å². The van der Waals surface area contributed by atoms with E-state index in [1.165, 1.54) is 38.5 Å². The van der Waals surface area contributed by atoms with Crippen LogP contribution in [0.5, 0.6) is 0 Å². The first-order valence-electron chi connectivity index (χ1n) is 39.0. The van der Waals surface area contributed by atoms with Gasteiger partial charge in [-0.15, -0.1) is 0 Å². The lowest BCUT2D eigenvalue weighted by Crippen LogP contribution is -2.63. The van der Waals surface area contributed by atoms with E-state index in [0.717, 1.165) is 116 Å². The van der Waals surface area contributed by atoms with Gasteiger partial charge in [-0.1, -0.05) is 203 Å². The van der Waals surface area contributed by atoms with Crippen LogP contribution < -0.4 is 0 Å². The highest BCUT2D eigenvalue weighted by molar-refractivity contribution is 5.79. The SMILES string of the molecule is CCCCCCCCCC(=O)OCC(COC(=O)CCC(=O)O[C@H]1C[C@H]2[C@@H]([C@H](OC(=O)CCC(=O)OCC(COC(=O)CCCCCCCCC)OC(=O)CCCCCCCCC)C[C@@H]3C[C@H](O)CC[C@@]32C)[C@@H]2CC[C@H]([C@H](C)CCC(=O)O)[C@@]12C)OC(=O)CCCCCCCCC. The molecule has 4 fully saturated rings. The Morgan fingerprint density at radius 2 is 0.784 bits per heavy atom. The van der Waals surface area contributed by atoms with Crippen molar-refractivity contribution in [2.75, 3.05) is 26.4 Å². The molecule has 0 spiro atoms. The molecular weight excluding hydrogens is 1240 g/mol. The summed E-state index contributed by atoms with van der Waals surface area (Å²) >= 11 is 0. The Hall–Kier alpha value is -4.81. The van der Waals surface area contributed by atoms with Crippen LogP contribution in [-0.2, 0) is 81.0 Å². The molecule has 4 aliphatic carbocycles. The second-order valence-electron chi connectivity index (χ2n) is 29.8. The van der Waals surface area contributed by atoms with Crippen molar-refractivity contribution in [1.82, 2.24) is 0 Å². The predicted octanol–water partition coefficient (Wildman–Crippen LogP) is 16.7. The number of rotatable bonds is 54. The minimum Gasteiger partial charge on any atom is -0.481 e. The van der Waals surface area contributed by atoms with Crippen LogP contribution in [-0.4, -0.2) is 121 Å². The van der Waals surface area contributed by atoms with Gasteiger partial charge in [0.1, 0.15) is 38.6 Å². The van der Waals surface area contributed by atoms with Gasteiger partial charge in [-0.25, -0.2) is 0 Å². The molecule has 4 aliphatic rings. The molecule has 0 amide bonds. The fourth-order valence-corrected chi connectivity index (χ4v) is 16.4. The molecule has 97 heavy (non-hydrogen) atoms. The molecule has 4 saturated carbocycles. The van der Waals surface area contributed by atoms with E-state index in [1.807, 2.05) is 6.92 Å². The largest absolute Gasteiger partial charge is 0.481 e. The third-order valence-electron chi connectivity index (χ3n) is 22.2. The molecule has 4 rings (SSSR count). The summed E-state index contributed by atoms with van der Waals surface area (Å²) in [5, 5.41) is 21.0. The molecule has 0 heterocycles. The van der Waals surface area contributed by atoms with E-state index in [4.69, 9.17) is 37.9 Å². The molecule has 0 aliphatic heterocycles. The standard InChI is InChI=1S/C78H132O19/c1-8-12-16-20-24-28-32-36-68(82)90-53-60(94-72(86)38-34-30-26-22-18-14-10-3)55-92-70(84)44-46-74(88)96-65-51-58-50-59(79)48-49-77(58,6)64-52-66(78(7)62(41-42-63(78)76(64)65)57(5)40-43-67(80)81)97-75(89)47-45-71(85)93-56-61(95-73(87)39-35-31-27-23-19-15-11-4)54-91-69(83)37-33-29-25-21-17-13-9-2/h57-66,76,79H,8-56H2,1-7H3,(H,80,81)/t57-,58+,59-,60?,61?,62-,63+,64+,65-,66+,76+,77+,78-/m1/s1. The van der Waals surface area contributed by atoms with Crippen molar-refractivity contribution in [2.24, 2.45) is 46.3 Å². The van der Waals surface area contributed by atoms with E-state index < -0.39 is 89.7 Å². The van der Waals surface area contributed by atoms with Gasteiger partial charge in [0.05, 0.1) is 31.8 Å². The number of ether oxygens (including phenoxy) is 8. The minimum absolute atomic E-state index is 0.0410. The topological polar surface area (TPSA) is 268 Å². The first kappa shape index (κ1) is 84.6. The van der Waals surface area contributed by atoms with Crippen molar-refractivity contribution >= 4 is 53.7 Å². The number of unbranched alkanes of at least 4 members (excludes halogenated alkanes) is 24. The highest BCUT2D eigenvalue weighted by Crippen LogP contribution is 2.69. The molecular formula is C78H132O19. The molecule has 2 unspecified atom stereocenters. The Morgan fingerprint density at radius 1 is 0.412 bits per heavy atom. The van der Waals surface area contributed by atoms with E-state index >= 15 is 0 Å². The van der Waals surface area contributed by atoms with Gasteiger partial charge < -0.3 is 48.1 Å². The van der Waals surface area contributed by atoms with Gasteiger partial charge in [0, 0.05) is 43.4 Å². The van der Waals surface area contributed by atoms with Crippen LogP contribution in [0.2, 0.25) is 0 Å². The first-order chi connectivity index (χ1) is 46.7. The number of fused-ring (bicyclic) bond motifs is 5. The van der Waals surface area contributed by atoms with E-state index in [2.05, 4.69) is 41.5 Å². The molecule has 19 heteroatoms. The second-order valence-corrected chi connectivity index (χ2v) is 29.8. The van der Waals surface area contributed by atoms with Gasteiger partial charge in [-0.3, -0.25) is 43.2 Å². The van der Waals surface area contributed by atoms with Crippen molar-refractivity contribution in [1.29, 1.82) is 0 Å². The normalized spacial score (nSPS) is 24.2. The number of esters is 8. The van der Waals surface area contributed by atoms with Crippen molar-refractivity contribution in [2.45, 2.75) is 368 Å². The zero-order chi connectivity index (χ0) is 70.9. The fourth-order valence-electron chi connectivity index (χ4n) is 16.4. The lowest BCUT2D eigenvalue weighted by Gasteiger charge is -2.64. The van der Waals surface area contributed by atoms with E-state index in [1.54, 1.807) is 0 Å². The van der Waals surface area contributed by atoms with Crippen LogP contribution >= 0.6 is 0 Å². The number of carboxylic acid groups (broad SMARTS) is 1. The zero-order valence-electron chi connectivity index (χ0n) is 61.3. The van der Waals surface area contributed by atoms with Crippen LogP contribution in [0.4, 0.5) is 0 Å². The Bertz CT molecular complexity index is 2310. The van der Waals surface area contributed by atoms with Crippen LogP contribution in [0.15, 0.2) is 0 Å². The highest BCUT2D eigenvalue weighted by atomic mass is 16.6. The molecule has 0 radical (unpaired) electrons. The smallest absolute Gasteiger partial charge is 0.306 e. The second kappa shape index (κ2) is 48.1. The number of hydrogen-bond acceptors (Lipinski definition) is 18. The average Bonchev–Trinajstić information content (AvgIpc) is 1.67. The zero-order valence-corrected chi connectivity index (χ0v) is 61.3. The maximum absolute atomic E-state index is 14.3. The molecule has 0 saturated heterocycles. The Labute approximate surface area is 583 Å². The number of aliphatic hydroxyl groups is 1. The van der Waals surface area contributed by atoms with Gasteiger partial charge in [-0.2, -0.15) is 0 Å². The Balaban J connectivity index is 1.45. The van der Waals surface area contributed by atoms with Gasteiger partial charge in [-0.05, 0) is 112 Å². The van der Waals surface area contributed by atoms with Crippen molar-refractivity contribution in [3.05, 3.63) is 0 Å². The monoisotopic (exact) mass is 1370 g/mol. The minimum atomic E-state index is -1.04. The van der Waals surface area contributed by atoms with Gasteiger partial charge in [0.15, 0.2) is 12.2 Å². The number of hydrogen-bond donors (Lipinski definition) is 2. The summed E-state index contributed by atoms with van der Waals surface area (Å²) in [6.07, 6.45) is 28.8. The third-order valence-corrected chi connectivity index (χ3v) is 22.2. The molecule has 0 aromatic heterocycles. The van der Waals surface area contributed by atoms with Crippen molar-refractivity contribution in [3.63, 3.8) is 0 Å². The van der Waals surface area contributed by atoms with Gasteiger partial charge >= 0.3 is 53.7 Å².